The molecule has 0 amide bonds. The number of aromatic amines is 1. The highest BCUT2D eigenvalue weighted by atomic mass is 16.6. The summed E-state index contributed by atoms with van der Waals surface area (Å²) < 4.78 is 6.76. The Morgan fingerprint density at radius 3 is 2.85 bits per heavy atom. The van der Waals surface area contributed by atoms with Crippen LogP contribution in [0.2, 0.25) is 0 Å². The maximum absolute atomic E-state index is 11.7. The Balaban J connectivity index is 2.09. The van der Waals surface area contributed by atoms with Crippen LogP contribution in [0.4, 0.5) is 0 Å². The van der Waals surface area contributed by atoms with Crippen LogP contribution in [0.15, 0.2) is 11.1 Å². The van der Waals surface area contributed by atoms with Crippen molar-refractivity contribution < 1.29 is 20.1 Å². The highest BCUT2D eigenvalue weighted by Crippen LogP contribution is 2.30. The van der Waals surface area contributed by atoms with Crippen molar-refractivity contribution in [3.05, 3.63) is 22.5 Å². The van der Waals surface area contributed by atoms with Crippen LogP contribution in [0, 0.1) is 6.92 Å². The van der Waals surface area contributed by atoms with Gasteiger partial charge in [-0.3, -0.25) is 9.36 Å². The fourth-order valence-corrected chi connectivity index (χ4v) is 2.33. The molecule has 1 aliphatic heterocycles. The van der Waals surface area contributed by atoms with Gasteiger partial charge in [-0.05, 0) is 6.92 Å². The van der Waals surface area contributed by atoms with Crippen LogP contribution >= 0.6 is 0 Å². The molecule has 3 heterocycles. The zero-order valence-electron chi connectivity index (χ0n) is 10.6. The Bertz CT molecular complexity index is 696. The van der Waals surface area contributed by atoms with E-state index in [1.165, 1.54) is 10.9 Å². The number of aliphatic hydroxyl groups is 3. The molecule has 20 heavy (non-hydrogen) atoms. The number of nitrogens with one attached hydrogen (secondary N) is 1. The van der Waals surface area contributed by atoms with Crippen molar-refractivity contribution in [1.82, 2.24) is 19.5 Å². The molecule has 1 aliphatic rings. The molecule has 9 heteroatoms. The molecule has 0 saturated carbocycles. The number of hydrogen-bond acceptors (Lipinski definition) is 7. The minimum Gasteiger partial charge on any atom is -0.394 e. The molecule has 1 fully saturated rings. The van der Waals surface area contributed by atoms with Crippen molar-refractivity contribution in [2.24, 2.45) is 0 Å². The second-order valence-electron chi connectivity index (χ2n) is 4.70. The smallest absolute Gasteiger partial charge is 0.279 e. The van der Waals surface area contributed by atoms with Gasteiger partial charge in [-0.25, -0.2) is 9.97 Å². The Hall–Kier alpha value is -1.81. The number of fused-ring (bicyclic) bond motifs is 1. The molecule has 0 unspecified atom stereocenters. The molecule has 1 saturated heterocycles. The van der Waals surface area contributed by atoms with Gasteiger partial charge in [-0.2, -0.15) is 0 Å². The second-order valence-corrected chi connectivity index (χ2v) is 4.70. The Morgan fingerprint density at radius 2 is 2.20 bits per heavy atom. The summed E-state index contributed by atoms with van der Waals surface area (Å²) in [6, 6.07) is 0. The Morgan fingerprint density at radius 1 is 1.45 bits per heavy atom. The molecule has 2 aromatic heterocycles. The first kappa shape index (κ1) is 13.2. The van der Waals surface area contributed by atoms with Crippen molar-refractivity contribution in [3.8, 4) is 0 Å². The zero-order valence-corrected chi connectivity index (χ0v) is 10.6. The number of aryl methyl sites for hydroxylation is 1. The number of rotatable bonds is 2. The number of hydrogen-bond donors (Lipinski definition) is 4. The van der Waals surface area contributed by atoms with Crippen LogP contribution in [-0.4, -0.2) is 59.8 Å². The summed E-state index contributed by atoms with van der Waals surface area (Å²) in [6.45, 7) is 1.20. The van der Waals surface area contributed by atoms with E-state index in [4.69, 9.17) is 9.84 Å². The largest absolute Gasteiger partial charge is 0.394 e. The summed E-state index contributed by atoms with van der Waals surface area (Å²) in [5.41, 5.74) is -0.0209. The number of aliphatic hydroxyl groups excluding tert-OH is 3. The van der Waals surface area contributed by atoms with E-state index >= 15 is 0 Å². The van der Waals surface area contributed by atoms with E-state index in [9.17, 15) is 15.0 Å². The summed E-state index contributed by atoms with van der Waals surface area (Å²) in [4.78, 5) is 22.3. The van der Waals surface area contributed by atoms with Crippen molar-refractivity contribution in [2.75, 3.05) is 6.61 Å². The minimum absolute atomic E-state index is 0.119. The molecule has 9 nitrogen and oxygen atoms in total. The van der Waals surface area contributed by atoms with Gasteiger partial charge in [0.15, 0.2) is 17.4 Å². The third-order valence-corrected chi connectivity index (χ3v) is 3.34. The van der Waals surface area contributed by atoms with E-state index in [-0.39, 0.29) is 11.2 Å². The molecule has 2 aromatic rings. The van der Waals surface area contributed by atoms with E-state index in [2.05, 4.69) is 15.0 Å². The molecule has 108 valence electrons. The summed E-state index contributed by atoms with van der Waals surface area (Å²) in [7, 11) is 0. The molecule has 0 aliphatic carbocycles. The van der Waals surface area contributed by atoms with Gasteiger partial charge in [0.25, 0.3) is 5.56 Å². The van der Waals surface area contributed by atoms with Gasteiger partial charge >= 0.3 is 0 Å². The molecule has 0 aromatic carbocycles. The topological polar surface area (TPSA) is 133 Å². The van der Waals surface area contributed by atoms with Gasteiger partial charge in [0.1, 0.15) is 24.1 Å². The predicted octanol–water partition coefficient (Wildman–Crippen LogP) is -1.96. The van der Waals surface area contributed by atoms with Crippen LogP contribution in [-0.2, 0) is 4.74 Å². The fourth-order valence-electron chi connectivity index (χ4n) is 2.33. The van der Waals surface area contributed by atoms with Crippen molar-refractivity contribution in [1.29, 1.82) is 0 Å². The molecule has 0 spiro atoms. The van der Waals surface area contributed by atoms with Crippen LogP contribution in [0.25, 0.3) is 11.2 Å². The second kappa shape index (κ2) is 4.63. The average Bonchev–Trinajstić information content (AvgIpc) is 2.93. The van der Waals surface area contributed by atoms with Gasteiger partial charge < -0.3 is 25.0 Å². The number of nitrogens with zero attached hydrogens (tertiary/aromatic N) is 3. The van der Waals surface area contributed by atoms with E-state index in [1.807, 2.05) is 0 Å². The monoisotopic (exact) mass is 282 g/mol. The van der Waals surface area contributed by atoms with E-state index in [0.29, 0.717) is 5.82 Å². The summed E-state index contributed by atoms with van der Waals surface area (Å²) in [5, 5.41) is 28.8. The SMILES string of the molecule is Cc1nc2c(ncn2[C@@H]2O[C@H](CO)[C@@H](O)[C@H]2O)c(=O)[nH]1. The summed E-state index contributed by atoms with van der Waals surface area (Å²) in [6.07, 6.45) is -3.00. The third kappa shape index (κ3) is 1.83. The maximum Gasteiger partial charge on any atom is 0.279 e. The average molecular weight is 282 g/mol. The van der Waals surface area contributed by atoms with Crippen molar-refractivity contribution in [2.45, 2.75) is 31.5 Å². The van der Waals surface area contributed by atoms with Gasteiger partial charge in [0.05, 0.1) is 12.9 Å². The quantitative estimate of drug-likeness (QED) is 0.502. The normalized spacial score (nSPS) is 30.2. The van der Waals surface area contributed by atoms with Crippen molar-refractivity contribution in [3.63, 3.8) is 0 Å². The van der Waals surface area contributed by atoms with Crippen LogP contribution in [0.1, 0.15) is 12.1 Å². The van der Waals surface area contributed by atoms with E-state index in [0.717, 1.165) is 0 Å². The number of ether oxygens (including phenoxy) is 1. The lowest BCUT2D eigenvalue weighted by Gasteiger charge is -2.16. The van der Waals surface area contributed by atoms with Crippen molar-refractivity contribution >= 4 is 11.2 Å². The lowest BCUT2D eigenvalue weighted by Crippen LogP contribution is -2.33. The van der Waals surface area contributed by atoms with Crippen LogP contribution < -0.4 is 5.56 Å². The molecular formula is C11H14N4O5. The highest BCUT2D eigenvalue weighted by Gasteiger charge is 2.44. The first-order chi connectivity index (χ1) is 9.52. The number of imidazole rings is 1. The molecule has 3 rings (SSSR count). The Labute approximate surface area is 112 Å². The standard InChI is InChI=1S/C11H14N4O5/c1-4-13-9-6(10(19)14-4)12-3-15(9)11-8(18)7(17)5(2-16)20-11/h3,5,7-8,11,16-18H,2H2,1H3,(H,13,14,19)/t5-,7-,8-,11-/m1/s1. The fraction of sp³-hybridized carbons (Fsp3) is 0.545. The van der Waals surface area contributed by atoms with Crippen LogP contribution in [0.5, 0.6) is 0 Å². The minimum atomic E-state index is -1.24. The van der Waals surface area contributed by atoms with Gasteiger partial charge in [-0.15, -0.1) is 0 Å². The first-order valence-electron chi connectivity index (χ1n) is 6.09. The molecule has 0 bridgehead atoms. The number of aromatic nitrogens is 4. The van der Waals surface area contributed by atoms with Gasteiger partial charge in [-0.1, -0.05) is 0 Å². The predicted molar refractivity (Wildman–Crippen MR) is 65.9 cm³/mol. The zero-order chi connectivity index (χ0) is 14.4. The van der Waals surface area contributed by atoms with Gasteiger partial charge in [0, 0.05) is 0 Å². The van der Waals surface area contributed by atoms with Crippen LogP contribution in [0.3, 0.4) is 0 Å². The third-order valence-electron chi connectivity index (χ3n) is 3.34. The molecule has 0 radical (unpaired) electrons. The maximum atomic E-state index is 11.7. The lowest BCUT2D eigenvalue weighted by molar-refractivity contribution is -0.0511. The molecule has 4 N–H and O–H groups in total. The Kier molecular flexibility index (Phi) is 3.05. The van der Waals surface area contributed by atoms with Gasteiger partial charge in [0.2, 0.25) is 0 Å². The lowest BCUT2D eigenvalue weighted by atomic mass is 10.1. The molecular weight excluding hydrogens is 268 g/mol. The van der Waals surface area contributed by atoms with E-state index < -0.39 is 36.7 Å². The first-order valence-corrected chi connectivity index (χ1v) is 6.09. The van der Waals surface area contributed by atoms with E-state index in [1.54, 1.807) is 6.92 Å². The summed E-state index contributed by atoms with van der Waals surface area (Å²) in [5.74, 6) is 0.399. The highest BCUT2D eigenvalue weighted by molar-refractivity contribution is 5.69. The number of H-pyrrole nitrogens is 1. The molecule has 4 atom stereocenters. The summed E-state index contributed by atoms with van der Waals surface area (Å²) >= 11 is 0.